The van der Waals surface area contributed by atoms with E-state index in [0.29, 0.717) is 37.3 Å². The number of hydrogen-bond acceptors (Lipinski definition) is 3. The van der Waals surface area contributed by atoms with Gasteiger partial charge in [-0.15, -0.1) is 6.58 Å². The zero-order valence-corrected chi connectivity index (χ0v) is 14.6. The summed E-state index contributed by atoms with van der Waals surface area (Å²) < 4.78 is 0. The maximum atomic E-state index is 12.7. The van der Waals surface area contributed by atoms with E-state index in [2.05, 4.69) is 17.2 Å². The standard InChI is InChI=1S/C19H25N3O3/c1-3-11-20-18(24)15-6-5-12-22(13-15)19(25)14-7-9-16(10-8-14)21-17(23)4-2/h3,7-10,15H,1,4-6,11-13H2,2H3,(H,20,24)(H,21,23)/t15-/m0/s1. The summed E-state index contributed by atoms with van der Waals surface area (Å²) >= 11 is 0. The average Bonchev–Trinajstić information content (AvgIpc) is 2.66. The van der Waals surface area contributed by atoms with Crippen LogP contribution < -0.4 is 10.6 Å². The highest BCUT2D eigenvalue weighted by molar-refractivity contribution is 5.96. The second-order valence-corrected chi connectivity index (χ2v) is 6.10. The van der Waals surface area contributed by atoms with Crippen LogP contribution in [0.25, 0.3) is 0 Å². The molecular formula is C19H25N3O3. The Morgan fingerprint density at radius 3 is 2.64 bits per heavy atom. The van der Waals surface area contributed by atoms with Gasteiger partial charge >= 0.3 is 0 Å². The van der Waals surface area contributed by atoms with Gasteiger partial charge in [-0.2, -0.15) is 0 Å². The lowest BCUT2D eigenvalue weighted by Gasteiger charge is -2.32. The number of carbonyl (C=O) groups excluding carboxylic acids is 3. The van der Waals surface area contributed by atoms with Crippen molar-refractivity contribution in [3.05, 3.63) is 42.5 Å². The van der Waals surface area contributed by atoms with E-state index in [-0.39, 0.29) is 23.6 Å². The highest BCUT2D eigenvalue weighted by Gasteiger charge is 2.28. The van der Waals surface area contributed by atoms with Crippen molar-refractivity contribution < 1.29 is 14.4 Å². The van der Waals surface area contributed by atoms with Gasteiger partial charge in [-0.1, -0.05) is 13.0 Å². The molecule has 0 aliphatic carbocycles. The van der Waals surface area contributed by atoms with Gasteiger partial charge in [0.2, 0.25) is 11.8 Å². The van der Waals surface area contributed by atoms with Crippen molar-refractivity contribution in [3.63, 3.8) is 0 Å². The Hall–Kier alpha value is -2.63. The number of nitrogens with zero attached hydrogens (tertiary/aromatic N) is 1. The maximum absolute atomic E-state index is 12.7. The number of nitrogens with one attached hydrogen (secondary N) is 2. The third kappa shape index (κ3) is 5.17. The number of hydrogen-bond donors (Lipinski definition) is 2. The van der Waals surface area contributed by atoms with Crippen LogP contribution in [0.2, 0.25) is 0 Å². The smallest absolute Gasteiger partial charge is 0.253 e. The van der Waals surface area contributed by atoms with Gasteiger partial charge in [-0.3, -0.25) is 14.4 Å². The molecule has 1 heterocycles. The van der Waals surface area contributed by atoms with E-state index >= 15 is 0 Å². The molecule has 0 radical (unpaired) electrons. The molecule has 6 nitrogen and oxygen atoms in total. The molecule has 0 bridgehead atoms. The van der Waals surface area contributed by atoms with E-state index in [9.17, 15) is 14.4 Å². The lowest BCUT2D eigenvalue weighted by molar-refractivity contribution is -0.126. The first-order chi connectivity index (χ1) is 12.0. The van der Waals surface area contributed by atoms with Crippen LogP contribution in [0, 0.1) is 5.92 Å². The SMILES string of the molecule is C=CCNC(=O)[C@H]1CCCN(C(=O)c2ccc(NC(=O)CC)cc2)C1. The van der Waals surface area contributed by atoms with Gasteiger partial charge in [0.25, 0.3) is 5.91 Å². The number of benzene rings is 1. The largest absolute Gasteiger partial charge is 0.352 e. The van der Waals surface area contributed by atoms with Crippen LogP contribution in [0.4, 0.5) is 5.69 Å². The van der Waals surface area contributed by atoms with Gasteiger partial charge < -0.3 is 15.5 Å². The van der Waals surface area contributed by atoms with Crippen LogP contribution in [-0.2, 0) is 9.59 Å². The molecule has 25 heavy (non-hydrogen) atoms. The minimum Gasteiger partial charge on any atom is -0.352 e. The number of anilines is 1. The molecule has 3 amide bonds. The van der Waals surface area contributed by atoms with Crippen molar-refractivity contribution in [1.29, 1.82) is 0 Å². The van der Waals surface area contributed by atoms with Crippen molar-refractivity contribution in [2.24, 2.45) is 5.92 Å². The van der Waals surface area contributed by atoms with Crippen molar-refractivity contribution >= 4 is 23.4 Å². The number of likely N-dealkylation sites (tertiary alicyclic amines) is 1. The fraction of sp³-hybridized carbons (Fsp3) is 0.421. The maximum Gasteiger partial charge on any atom is 0.253 e. The van der Waals surface area contributed by atoms with E-state index in [1.807, 2.05) is 0 Å². The first-order valence-electron chi connectivity index (χ1n) is 8.63. The summed E-state index contributed by atoms with van der Waals surface area (Å²) in [7, 11) is 0. The summed E-state index contributed by atoms with van der Waals surface area (Å²) in [6.07, 6.45) is 3.64. The van der Waals surface area contributed by atoms with Gasteiger partial charge in [0, 0.05) is 37.3 Å². The van der Waals surface area contributed by atoms with Crippen LogP contribution in [0.15, 0.2) is 36.9 Å². The molecule has 0 unspecified atom stereocenters. The molecule has 1 fully saturated rings. The Labute approximate surface area is 148 Å². The fourth-order valence-electron chi connectivity index (χ4n) is 2.82. The predicted molar refractivity (Wildman–Crippen MR) is 97.2 cm³/mol. The van der Waals surface area contributed by atoms with Crippen molar-refractivity contribution in [3.8, 4) is 0 Å². The highest BCUT2D eigenvalue weighted by Crippen LogP contribution is 2.20. The van der Waals surface area contributed by atoms with Gasteiger partial charge in [0.15, 0.2) is 0 Å². The molecule has 134 valence electrons. The summed E-state index contributed by atoms with van der Waals surface area (Å²) in [4.78, 5) is 37.9. The Bertz CT molecular complexity index is 640. The van der Waals surface area contributed by atoms with Crippen LogP contribution in [0.1, 0.15) is 36.5 Å². The molecule has 2 N–H and O–H groups in total. The zero-order chi connectivity index (χ0) is 18.2. The van der Waals surface area contributed by atoms with Crippen LogP contribution in [0.3, 0.4) is 0 Å². The second-order valence-electron chi connectivity index (χ2n) is 6.10. The van der Waals surface area contributed by atoms with Crippen LogP contribution in [-0.4, -0.2) is 42.3 Å². The number of amides is 3. The van der Waals surface area contributed by atoms with Crippen molar-refractivity contribution in [2.75, 3.05) is 25.0 Å². The summed E-state index contributed by atoms with van der Waals surface area (Å²) in [6.45, 7) is 6.89. The second kappa shape index (κ2) is 9.01. The van der Waals surface area contributed by atoms with Gasteiger partial charge in [-0.05, 0) is 37.1 Å². The lowest BCUT2D eigenvalue weighted by Crippen LogP contribution is -2.45. The Morgan fingerprint density at radius 2 is 2.00 bits per heavy atom. The van der Waals surface area contributed by atoms with Crippen LogP contribution >= 0.6 is 0 Å². The summed E-state index contributed by atoms with van der Waals surface area (Å²) in [5.74, 6) is -0.367. The molecule has 1 aromatic carbocycles. The van der Waals surface area contributed by atoms with Crippen molar-refractivity contribution in [2.45, 2.75) is 26.2 Å². The molecule has 0 saturated carbocycles. The number of piperidine rings is 1. The zero-order valence-electron chi connectivity index (χ0n) is 14.6. The molecule has 1 aromatic rings. The Balaban J connectivity index is 1.98. The summed E-state index contributed by atoms with van der Waals surface area (Å²) in [5, 5.41) is 5.55. The molecule has 1 saturated heterocycles. The Morgan fingerprint density at radius 1 is 1.28 bits per heavy atom. The van der Waals surface area contributed by atoms with Gasteiger partial charge in [0.05, 0.1) is 5.92 Å². The van der Waals surface area contributed by atoms with Crippen LogP contribution in [0.5, 0.6) is 0 Å². The molecule has 1 atom stereocenters. The minimum atomic E-state index is -0.180. The summed E-state index contributed by atoms with van der Waals surface area (Å²) in [5.41, 5.74) is 1.23. The monoisotopic (exact) mass is 343 g/mol. The molecule has 2 rings (SSSR count). The molecule has 1 aliphatic heterocycles. The Kier molecular flexibility index (Phi) is 6.74. The fourth-order valence-corrected chi connectivity index (χ4v) is 2.82. The van der Waals surface area contributed by atoms with E-state index in [1.165, 1.54) is 0 Å². The van der Waals surface area contributed by atoms with E-state index in [1.54, 1.807) is 42.2 Å². The lowest BCUT2D eigenvalue weighted by atomic mass is 9.96. The predicted octanol–water partition coefficient (Wildman–Crippen LogP) is 2.19. The van der Waals surface area contributed by atoms with Gasteiger partial charge in [-0.25, -0.2) is 0 Å². The third-order valence-electron chi connectivity index (χ3n) is 4.24. The molecule has 6 heteroatoms. The molecule has 0 aromatic heterocycles. The minimum absolute atomic E-state index is 0.0324. The first kappa shape index (κ1) is 18.7. The average molecular weight is 343 g/mol. The molecule has 1 aliphatic rings. The summed E-state index contributed by atoms with van der Waals surface area (Å²) in [6, 6.07) is 6.85. The van der Waals surface area contributed by atoms with E-state index in [0.717, 1.165) is 12.8 Å². The van der Waals surface area contributed by atoms with E-state index < -0.39 is 0 Å². The quantitative estimate of drug-likeness (QED) is 0.777. The highest BCUT2D eigenvalue weighted by atomic mass is 16.2. The first-order valence-corrected chi connectivity index (χ1v) is 8.63. The molecule has 0 spiro atoms. The third-order valence-corrected chi connectivity index (χ3v) is 4.24. The number of carbonyl (C=O) groups is 3. The molecular weight excluding hydrogens is 318 g/mol. The van der Waals surface area contributed by atoms with Crippen molar-refractivity contribution in [1.82, 2.24) is 10.2 Å². The normalized spacial score (nSPS) is 16.8. The van der Waals surface area contributed by atoms with E-state index in [4.69, 9.17) is 0 Å². The topological polar surface area (TPSA) is 78.5 Å². The van der Waals surface area contributed by atoms with Gasteiger partial charge in [0.1, 0.15) is 0 Å². The number of rotatable bonds is 6.